The van der Waals surface area contributed by atoms with Crippen molar-refractivity contribution >= 4 is 49.1 Å². The van der Waals surface area contributed by atoms with Crippen molar-refractivity contribution in [2.75, 3.05) is 6.54 Å². The molecule has 1 N–H and O–H groups in total. The Morgan fingerprint density at radius 2 is 2.11 bits per heavy atom. The van der Waals surface area contributed by atoms with Gasteiger partial charge >= 0.3 is 0 Å². The van der Waals surface area contributed by atoms with E-state index in [-0.39, 0.29) is 10.7 Å². The molecule has 2 aromatic rings. The summed E-state index contributed by atoms with van der Waals surface area (Å²) in [5.41, 5.74) is 3.06. The molecule has 1 aromatic heterocycles. The van der Waals surface area contributed by atoms with Crippen LogP contribution in [0.25, 0.3) is 0 Å². The number of thiophene rings is 1. The number of hydrogen-bond donors (Lipinski definition) is 1. The maximum absolute atomic E-state index is 11.9. The summed E-state index contributed by atoms with van der Waals surface area (Å²) in [6, 6.07) is 10.3. The van der Waals surface area contributed by atoms with Crippen LogP contribution in [0, 0.1) is 0 Å². The van der Waals surface area contributed by atoms with Gasteiger partial charge in [0.1, 0.15) is 0 Å². The highest BCUT2D eigenvalue weighted by molar-refractivity contribution is 9.11. The lowest BCUT2D eigenvalue weighted by molar-refractivity contribution is 0.0946. The highest BCUT2D eigenvalue weighted by Crippen LogP contribution is 2.37. The minimum Gasteiger partial charge on any atom is -0.352 e. The van der Waals surface area contributed by atoms with E-state index in [2.05, 4.69) is 55.4 Å². The first-order valence-electron chi connectivity index (χ1n) is 5.95. The summed E-state index contributed by atoms with van der Waals surface area (Å²) in [5.74, 6) is 0.0372. The highest BCUT2D eigenvalue weighted by Gasteiger charge is 2.20. The molecule has 1 atom stereocenters. The second kappa shape index (κ2) is 5.38. The number of halogens is 2. The molecular formula is C14H11Br2NOS. The van der Waals surface area contributed by atoms with Crippen LogP contribution < -0.4 is 5.32 Å². The molecule has 2 heterocycles. The molecule has 19 heavy (non-hydrogen) atoms. The number of fused-ring (bicyclic) bond motifs is 1. The van der Waals surface area contributed by atoms with Gasteiger partial charge in [-0.3, -0.25) is 4.79 Å². The van der Waals surface area contributed by atoms with Crippen LogP contribution in [0.5, 0.6) is 0 Å². The third-order valence-electron chi connectivity index (χ3n) is 3.19. The number of hydrogen-bond acceptors (Lipinski definition) is 2. The van der Waals surface area contributed by atoms with Gasteiger partial charge in [0.2, 0.25) is 0 Å². The normalized spacial score (nSPS) is 15.8. The molecule has 0 radical (unpaired) electrons. The largest absolute Gasteiger partial charge is 0.352 e. The number of nitrogens with one attached hydrogen (secondary N) is 1. The molecule has 1 aliphatic heterocycles. The Bertz CT molecular complexity index is 638. The molecule has 1 unspecified atom stereocenters. The van der Waals surface area contributed by atoms with Gasteiger partial charge in [0.25, 0.3) is 5.91 Å². The summed E-state index contributed by atoms with van der Waals surface area (Å²) < 4.78 is 1.11. The summed E-state index contributed by atoms with van der Waals surface area (Å²) in [4.78, 5) is 13.2. The zero-order valence-corrected chi connectivity index (χ0v) is 13.9. The highest BCUT2D eigenvalue weighted by atomic mass is 79.9. The molecule has 0 aliphatic carbocycles. The van der Waals surface area contributed by atoms with Gasteiger partial charge in [0.15, 0.2) is 0 Å². The van der Waals surface area contributed by atoms with Gasteiger partial charge in [-0.05, 0) is 51.7 Å². The molecule has 1 amide bonds. The Balaban J connectivity index is 1.97. The fourth-order valence-corrected chi connectivity index (χ4v) is 4.36. The quantitative estimate of drug-likeness (QED) is 0.749. The molecule has 0 spiro atoms. The zero-order chi connectivity index (χ0) is 13.4. The predicted octanol–water partition coefficient (Wildman–Crippen LogP) is 4.28. The van der Waals surface area contributed by atoms with E-state index in [1.165, 1.54) is 4.88 Å². The lowest BCUT2D eigenvalue weighted by Crippen LogP contribution is -2.31. The van der Waals surface area contributed by atoms with Gasteiger partial charge in [0, 0.05) is 17.0 Å². The van der Waals surface area contributed by atoms with Gasteiger partial charge in [-0.2, -0.15) is 0 Å². The number of rotatable bonds is 2. The number of carbonyl (C=O) groups excluding carboxylic acids is 1. The topological polar surface area (TPSA) is 29.1 Å². The minimum atomic E-state index is 0.0372. The second-order valence-corrected chi connectivity index (χ2v) is 7.84. The molecule has 0 saturated carbocycles. The van der Waals surface area contributed by atoms with Crippen molar-refractivity contribution < 1.29 is 4.79 Å². The molecule has 98 valence electrons. The summed E-state index contributed by atoms with van der Waals surface area (Å²) in [6.07, 6.45) is 0.916. The summed E-state index contributed by atoms with van der Waals surface area (Å²) in [7, 11) is 0. The third-order valence-corrected chi connectivity index (χ3v) is 6.21. The van der Waals surface area contributed by atoms with E-state index in [1.54, 1.807) is 11.3 Å². The second-order valence-electron chi connectivity index (χ2n) is 4.43. The van der Waals surface area contributed by atoms with Crippen molar-refractivity contribution in [3.8, 4) is 0 Å². The Labute approximate surface area is 132 Å². The fraction of sp³-hybridized carbons (Fsp3) is 0.214. The standard InChI is InChI=1S/C14H11Br2NOS/c15-12-4-3-11(19-12)13(16)9-2-1-8-5-6-17-14(18)10(8)7-9/h1-4,7,13H,5-6H2,(H,17,18). The zero-order valence-electron chi connectivity index (χ0n) is 9.95. The van der Waals surface area contributed by atoms with Crippen molar-refractivity contribution in [3.63, 3.8) is 0 Å². The maximum atomic E-state index is 11.9. The Morgan fingerprint density at radius 1 is 1.26 bits per heavy atom. The molecule has 2 nitrogen and oxygen atoms in total. The van der Waals surface area contributed by atoms with E-state index in [4.69, 9.17) is 0 Å². The van der Waals surface area contributed by atoms with Crippen LogP contribution in [0.3, 0.4) is 0 Å². The first kappa shape index (κ1) is 13.3. The van der Waals surface area contributed by atoms with Crippen LogP contribution in [0.1, 0.15) is 31.2 Å². The number of benzene rings is 1. The average molecular weight is 401 g/mol. The van der Waals surface area contributed by atoms with Gasteiger partial charge in [-0.25, -0.2) is 0 Å². The number of amides is 1. The lowest BCUT2D eigenvalue weighted by atomic mass is 9.96. The van der Waals surface area contributed by atoms with Gasteiger partial charge in [-0.1, -0.05) is 28.1 Å². The molecule has 0 fully saturated rings. The lowest BCUT2D eigenvalue weighted by Gasteiger charge is -2.18. The SMILES string of the molecule is O=C1NCCc2ccc(C(Br)c3ccc(Br)s3)cc21. The smallest absolute Gasteiger partial charge is 0.251 e. The Kier molecular flexibility index (Phi) is 3.78. The average Bonchev–Trinajstić information content (AvgIpc) is 2.85. The van der Waals surface area contributed by atoms with Crippen molar-refractivity contribution in [1.29, 1.82) is 0 Å². The van der Waals surface area contributed by atoms with E-state index in [0.717, 1.165) is 33.4 Å². The van der Waals surface area contributed by atoms with Crippen LogP contribution in [0.4, 0.5) is 0 Å². The van der Waals surface area contributed by atoms with E-state index >= 15 is 0 Å². The van der Waals surface area contributed by atoms with Gasteiger partial charge in [0.05, 0.1) is 8.61 Å². The summed E-state index contributed by atoms with van der Waals surface area (Å²) in [5, 5.41) is 2.89. The fourth-order valence-electron chi connectivity index (χ4n) is 2.22. The molecule has 0 bridgehead atoms. The van der Waals surface area contributed by atoms with Crippen LogP contribution in [0.15, 0.2) is 34.1 Å². The predicted molar refractivity (Wildman–Crippen MR) is 85.3 cm³/mol. The molecule has 3 rings (SSSR count). The van der Waals surface area contributed by atoms with Crippen molar-refractivity contribution in [2.45, 2.75) is 11.2 Å². The van der Waals surface area contributed by atoms with E-state index in [9.17, 15) is 4.79 Å². The first-order valence-corrected chi connectivity index (χ1v) is 8.48. The van der Waals surface area contributed by atoms with Crippen LogP contribution in [-0.4, -0.2) is 12.5 Å². The monoisotopic (exact) mass is 399 g/mol. The van der Waals surface area contributed by atoms with E-state index < -0.39 is 0 Å². The first-order chi connectivity index (χ1) is 9.15. The van der Waals surface area contributed by atoms with Gasteiger partial charge < -0.3 is 5.32 Å². The van der Waals surface area contributed by atoms with Gasteiger partial charge in [-0.15, -0.1) is 11.3 Å². The molecule has 1 aliphatic rings. The van der Waals surface area contributed by atoms with Crippen LogP contribution >= 0.6 is 43.2 Å². The Hall–Kier alpha value is -0.650. The summed E-state index contributed by atoms with van der Waals surface area (Å²) in [6.45, 7) is 0.737. The molecule has 5 heteroatoms. The molecule has 1 aromatic carbocycles. The Morgan fingerprint density at radius 3 is 2.84 bits per heavy atom. The van der Waals surface area contributed by atoms with Crippen LogP contribution in [0.2, 0.25) is 0 Å². The number of alkyl halides is 1. The molecule has 0 saturated heterocycles. The summed E-state index contributed by atoms with van der Waals surface area (Å²) >= 11 is 8.89. The van der Waals surface area contributed by atoms with E-state index in [0.29, 0.717) is 0 Å². The molecular weight excluding hydrogens is 390 g/mol. The van der Waals surface area contributed by atoms with Crippen molar-refractivity contribution in [3.05, 3.63) is 55.7 Å². The van der Waals surface area contributed by atoms with Crippen molar-refractivity contribution in [2.24, 2.45) is 0 Å². The van der Waals surface area contributed by atoms with Crippen molar-refractivity contribution in [1.82, 2.24) is 5.32 Å². The van der Waals surface area contributed by atoms with Crippen LogP contribution in [-0.2, 0) is 6.42 Å². The third kappa shape index (κ3) is 2.64. The minimum absolute atomic E-state index is 0.0372. The van der Waals surface area contributed by atoms with E-state index in [1.807, 2.05) is 12.1 Å². The number of carbonyl (C=O) groups is 1. The maximum Gasteiger partial charge on any atom is 0.251 e.